The Balaban J connectivity index is 1.76. The average molecular weight is 349 g/mol. The summed E-state index contributed by atoms with van der Waals surface area (Å²) in [5, 5.41) is 2.76. The van der Waals surface area contributed by atoms with Crippen molar-refractivity contribution in [3.05, 3.63) is 72.3 Å². The van der Waals surface area contributed by atoms with Crippen molar-refractivity contribution >= 4 is 5.91 Å². The van der Waals surface area contributed by atoms with E-state index in [2.05, 4.69) is 23.7 Å². The summed E-state index contributed by atoms with van der Waals surface area (Å²) in [6.07, 6.45) is 2.59. The number of rotatable bonds is 8. The third-order valence-electron chi connectivity index (χ3n) is 3.53. The summed E-state index contributed by atoms with van der Waals surface area (Å²) >= 11 is 0. The third-order valence-corrected chi connectivity index (χ3v) is 3.53. The molecule has 1 N–H and O–H groups in total. The van der Waals surface area contributed by atoms with Gasteiger partial charge < -0.3 is 14.8 Å². The van der Waals surface area contributed by atoms with Gasteiger partial charge in [-0.3, -0.25) is 4.79 Å². The summed E-state index contributed by atoms with van der Waals surface area (Å²) in [5.74, 6) is 7.18. The predicted octanol–water partition coefficient (Wildman–Crippen LogP) is 3.63. The van der Waals surface area contributed by atoms with Crippen molar-refractivity contribution in [2.24, 2.45) is 0 Å². The molecule has 2 aromatic carbocycles. The first-order chi connectivity index (χ1) is 12.7. The number of carbonyl (C=O) groups excluding carboxylic acids is 1. The molecule has 0 saturated heterocycles. The number of hydrogen-bond acceptors (Lipinski definition) is 3. The Morgan fingerprint density at radius 1 is 1.12 bits per heavy atom. The molecule has 0 heterocycles. The minimum Gasteiger partial charge on any atom is -0.494 e. The van der Waals surface area contributed by atoms with E-state index < -0.39 is 0 Å². The molecular formula is C22H23NO3. The maximum absolute atomic E-state index is 12.0. The molecule has 0 saturated carbocycles. The van der Waals surface area contributed by atoms with Gasteiger partial charge in [-0.2, -0.15) is 0 Å². The lowest BCUT2D eigenvalue weighted by Gasteiger charge is -2.07. The molecular weight excluding hydrogens is 326 g/mol. The molecule has 0 spiro atoms. The molecule has 134 valence electrons. The van der Waals surface area contributed by atoms with Crippen LogP contribution in [0.2, 0.25) is 0 Å². The number of ether oxygens (including phenoxy) is 2. The van der Waals surface area contributed by atoms with Gasteiger partial charge in [0.15, 0.2) is 0 Å². The van der Waals surface area contributed by atoms with Crippen molar-refractivity contribution in [2.45, 2.75) is 13.3 Å². The van der Waals surface area contributed by atoms with E-state index in [1.807, 2.05) is 37.3 Å². The molecule has 26 heavy (non-hydrogen) atoms. The van der Waals surface area contributed by atoms with Crippen LogP contribution in [-0.2, 0) is 6.42 Å². The van der Waals surface area contributed by atoms with Crippen molar-refractivity contribution < 1.29 is 14.3 Å². The van der Waals surface area contributed by atoms with Crippen molar-refractivity contribution in [3.63, 3.8) is 0 Å². The zero-order chi connectivity index (χ0) is 18.6. The molecule has 0 aromatic heterocycles. The number of hydrogen-bond donors (Lipinski definition) is 1. The van der Waals surface area contributed by atoms with E-state index in [1.165, 1.54) is 0 Å². The Bertz CT molecular complexity index is 785. The quantitative estimate of drug-likeness (QED) is 0.585. The Morgan fingerprint density at radius 2 is 1.88 bits per heavy atom. The highest BCUT2D eigenvalue weighted by molar-refractivity contribution is 5.94. The van der Waals surface area contributed by atoms with Crippen LogP contribution < -0.4 is 14.8 Å². The van der Waals surface area contributed by atoms with E-state index in [0.717, 1.165) is 23.5 Å². The highest BCUT2D eigenvalue weighted by Gasteiger charge is 2.04. The van der Waals surface area contributed by atoms with Gasteiger partial charge in [0.25, 0.3) is 5.91 Å². The van der Waals surface area contributed by atoms with E-state index in [9.17, 15) is 4.79 Å². The number of amides is 1. The minimum absolute atomic E-state index is 0.167. The van der Waals surface area contributed by atoms with Crippen LogP contribution in [-0.4, -0.2) is 25.7 Å². The number of para-hydroxylation sites is 1. The molecule has 4 nitrogen and oxygen atoms in total. The summed E-state index contributed by atoms with van der Waals surface area (Å²) in [7, 11) is 0. The SMILES string of the molecule is C=CCc1ccccc1OCC#CCNC(=O)c1ccc(OCC)cc1. The fourth-order valence-corrected chi connectivity index (χ4v) is 2.29. The minimum atomic E-state index is -0.167. The van der Waals surface area contributed by atoms with Crippen molar-refractivity contribution in [1.82, 2.24) is 5.32 Å². The van der Waals surface area contributed by atoms with Crippen LogP contribution >= 0.6 is 0 Å². The number of benzene rings is 2. The first-order valence-corrected chi connectivity index (χ1v) is 8.53. The van der Waals surface area contributed by atoms with Gasteiger partial charge in [0.1, 0.15) is 18.1 Å². The first kappa shape index (κ1) is 19.1. The standard InChI is InChI=1S/C22H23NO3/c1-3-9-18-10-5-6-11-21(18)26-17-8-7-16-23-22(24)19-12-14-20(15-13-19)25-4-2/h3,5-6,10-15H,1,4,9,16-17H2,2H3,(H,23,24). The van der Waals surface area contributed by atoms with Gasteiger partial charge in [-0.1, -0.05) is 36.1 Å². The Morgan fingerprint density at radius 3 is 2.62 bits per heavy atom. The van der Waals surface area contributed by atoms with Crippen molar-refractivity contribution in [3.8, 4) is 23.3 Å². The monoisotopic (exact) mass is 349 g/mol. The molecule has 0 fully saturated rings. The summed E-state index contributed by atoms with van der Waals surface area (Å²) in [4.78, 5) is 12.0. The van der Waals surface area contributed by atoms with E-state index in [0.29, 0.717) is 12.2 Å². The second kappa shape index (κ2) is 10.6. The molecule has 0 unspecified atom stereocenters. The van der Waals surface area contributed by atoms with Gasteiger partial charge in [0.2, 0.25) is 0 Å². The Hall–Kier alpha value is -3.19. The largest absolute Gasteiger partial charge is 0.494 e. The van der Waals surface area contributed by atoms with Crippen LogP contribution in [0.15, 0.2) is 61.2 Å². The molecule has 0 bridgehead atoms. The number of nitrogens with one attached hydrogen (secondary N) is 1. The Kier molecular flexibility index (Phi) is 7.82. The maximum Gasteiger partial charge on any atom is 0.252 e. The van der Waals surface area contributed by atoms with Gasteiger partial charge in [-0.25, -0.2) is 0 Å². The van der Waals surface area contributed by atoms with Gasteiger partial charge in [0.05, 0.1) is 13.2 Å². The van der Waals surface area contributed by atoms with Gasteiger partial charge in [-0.15, -0.1) is 6.58 Å². The smallest absolute Gasteiger partial charge is 0.252 e. The second-order valence-electron chi connectivity index (χ2n) is 5.38. The van der Waals surface area contributed by atoms with E-state index in [1.54, 1.807) is 24.3 Å². The molecule has 1 amide bonds. The molecule has 2 aromatic rings. The van der Waals surface area contributed by atoms with E-state index in [4.69, 9.17) is 9.47 Å². The lowest BCUT2D eigenvalue weighted by Crippen LogP contribution is -2.23. The molecule has 0 aliphatic heterocycles. The lowest BCUT2D eigenvalue weighted by molar-refractivity contribution is 0.0958. The normalized spacial score (nSPS) is 9.58. The van der Waals surface area contributed by atoms with Crippen LogP contribution in [0.25, 0.3) is 0 Å². The molecule has 0 aliphatic rings. The first-order valence-electron chi connectivity index (χ1n) is 8.53. The molecule has 0 radical (unpaired) electrons. The zero-order valence-electron chi connectivity index (χ0n) is 15.0. The van der Waals surface area contributed by atoms with Gasteiger partial charge >= 0.3 is 0 Å². The van der Waals surface area contributed by atoms with Crippen LogP contribution in [0.1, 0.15) is 22.8 Å². The summed E-state index contributed by atoms with van der Waals surface area (Å²) in [6.45, 7) is 6.80. The van der Waals surface area contributed by atoms with Gasteiger partial charge in [0, 0.05) is 5.56 Å². The van der Waals surface area contributed by atoms with E-state index in [-0.39, 0.29) is 19.1 Å². The topological polar surface area (TPSA) is 47.6 Å². The highest BCUT2D eigenvalue weighted by Crippen LogP contribution is 2.18. The molecule has 0 atom stereocenters. The van der Waals surface area contributed by atoms with Crippen molar-refractivity contribution in [2.75, 3.05) is 19.8 Å². The third kappa shape index (κ3) is 6.03. The predicted molar refractivity (Wildman–Crippen MR) is 104 cm³/mol. The molecule has 0 aliphatic carbocycles. The van der Waals surface area contributed by atoms with Crippen molar-refractivity contribution in [1.29, 1.82) is 0 Å². The van der Waals surface area contributed by atoms with Gasteiger partial charge in [-0.05, 0) is 49.2 Å². The fraction of sp³-hybridized carbons (Fsp3) is 0.227. The number of carbonyl (C=O) groups is 1. The lowest BCUT2D eigenvalue weighted by atomic mass is 10.1. The second-order valence-corrected chi connectivity index (χ2v) is 5.38. The van der Waals surface area contributed by atoms with E-state index >= 15 is 0 Å². The van der Waals surface area contributed by atoms with Crippen LogP contribution in [0.5, 0.6) is 11.5 Å². The van der Waals surface area contributed by atoms with Crippen LogP contribution in [0.4, 0.5) is 0 Å². The number of allylic oxidation sites excluding steroid dienone is 1. The zero-order valence-corrected chi connectivity index (χ0v) is 15.0. The fourth-order valence-electron chi connectivity index (χ4n) is 2.29. The van der Waals surface area contributed by atoms with Crippen LogP contribution in [0, 0.1) is 11.8 Å². The molecule has 4 heteroatoms. The summed E-state index contributed by atoms with van der Waals surface area (Å²) < 4.78 is 11.0. The summed E-state index contributed by atoms with van der Waals surface area (Å²) in [5.41, 5.74) is 1.65. The van der Waals surface area contributed by atoms with Crippen LogP contribution in [0.3, 0.4) is 0 Å². The maximum atomic E-state index is 12.0. The highest BCUT2D eigenvalue weighted by atomic mass is 16.5. The molecule has 2 rings (SSSR count). The Labute approximate surface area is 154 Å². The summed E-state index contributed by atoms with van der Waals surface area (Å²) in [6, 6.07) is 14.8. The average Bonchev–Trinajstić information content (AvgIpc) is 2.66.